The van der Waals surface area contributed by atoms with Crippen LogP contribution in [0.3, 0.4) is 0 Å². The highest BCUT2D eigenvalue weighted by Crippen LogP contribution is 2.35. The first-order valence-electron chi connectivity index (χ1n) is 14.1. The van der Waals surface area contributed by atoms with Gasteiger partial charge in [0.05, 0.1) is 28.8 Å². The second kappa shape index (κ2) is 11.6. The number of anilines is 1. The molecule has 0 aliphatic heterocycles. The number of rotatable bonds is 9. The van der Waals surface area contributed by atoms with E-state index in [2.05, 4.69) is 25.5 Å². The van der Waals surface area contributed by atoms with E-state index >= 15 is 0 Å². The van der Waals surface area contributed by atoms with Crippen LogP contribution in [-0.2, 0) is 14.6 Å². The summed E-state index contributed by atoms with van der Waals surface area (Å²) >= 11 is 0. The molecule has 0 bridgehead atoms. The van der Waals surface area contributed by atoms with Crippen LogP contribution in [0.2, 0.25) is 0 Å². The quantitative estimate of drug-likeness (QED) is 0.154. The van der Waals surface area contributed by atoms with Crippen LogP contribution >= 0.6 is 0 Å². The molecule has 4 aromatic heterocycles. The van der Waals surface area contributed by atoms with Crippen molar-refractivity contribution >= 4 is 43.4 Å². The van der Waals surface area contributed by atoms with Gasteiger partial charge in [-0.15, -0.1) is 0 Å². The molecule has 0 aliphatic carbocycles. The third-order valence-electron chi connectivity index (χ3n) is 7.42. The summed E-state index contributed by atoms with van der Waals surface area (Å²) in [5, 5.41) is 9.90. The molecule has 224 valence electrons. The lowest BCUT2D eigenvalue weighted by molar-refractivity contribution is -0.116. The molecule has 12 heteroatoms. The molecule has 0 spiro atoms. The Hall–Kier alpha value is -4.94. The molecular formula is C32H30FN7O3S. The van der Waals surface area contributed by atoms with Crippen LogP contribution in [0.1, 0.15) is 37.1 Å². The summed E-state index contributed by atoms with van der Waals surface area (Å²) in [6.07, 6.45) is 6.52. The van der Waals surface area contributed by atoms with Crippen molar-refractivity contribution < 1.29 is 17.6 Å². The zero-order chi connectivity index (χ0) is 31.0. The first-order chi connectivity index (χ1) is 21.1. The monoisotopic (exact) mass is 611 g/mol. The Morgan fingerprint density at radius 3 is 2.68 bits per heavy atom. The SMILES string of the molecule is CCCCC(=O)Nc1cncc(-c2ccc3[nH]nc(-c4cc5c(-c6cc(F)cc(C(N)S(C)(=O)=O)c6)cccc5[nH]4)c3n2)c1. The van der Waals surface area contributed by atoms with Gasteiger partial charge in [0.1, 0.15) is 22.4 Å². The fourth-order valence-corrected chi connectivity index (χ4v) is 5.80. The van der Waals surface area contributed by atoms with Crippen molar-refractivity contribution in [3.8, 4) is 33.8 Å². The highest BCUT2D eigenvalue weighted by molar-refractivity contribution is 7.90. The average molecular weight is 612 g/mol. The molecule has 4 heterocycles. The molecule has 1 amide bonds. The standard InChI is InChI=1S/C32H30FN7O3S/c1-3-4-8-29(41)36-22-14-20(16-35-17-22)25-9-10-27-30(38-25)31(40-39-27)28-15-24-23(6-5-7-26(24)37-28)18-11-19(13-21(33)12-18)32(34)44(2,42)43/h5-7,9-17,32,37H,3-4,8,34H2,1-2H3,(H,36,41)(H,39,40). The van der Waals surface area contributed by atoms with Gasteiger partial charge in [-0.05, 0) is 71.6 Å². The van der Waals surface area contributed by atoms with E-state index in [4.69, 9.17) is 10.7 Å². The van der Waals surface area contributed by atoms with E-state index in [1.54, 1.807) is 18.5 Å². The van der Waals surface area contributed by atoms with Gasteiger partial charge in [0, 0.05) is 35.3 Å². The largest absolute Gasteiger partial charge is 0.353 e. The number of unbranched alkanes of at least 4 members (excludes halogenated alkanes) is 1. The van der Waals surface area contributed by atoms with E-state index < -0.39 is 21.0 Å². The van der Waals surface area contributed by atoms with E-state index in [-0.39, 0.29) is 11.5 Å². The Bertz CT molecular complexity index is 2140. The lowest BCUT2D eigenvalue weighted by Crippen LogP contribution is -2.20. The molecule has 1 unspecified atom stereocenters. The second-order valence-corrected chi connectivity index (χ2v) is 12.9. The van der Waals surface area contributed by atoms with E-state index in [9.17, 15) is 17.6 Å². The number of aromatic amines is 2. The molecule has 6 aromatic rings. The lowest BCUT2D eigenvalue weighted by atomic mass is 9.99. The van der Waals surface area contributed by atoms with Crippen molar-refractivity contribution in [2.75, 3.05) is 11.6 Å². The first-order valence-corrected chi connectivity index (χ1v) is 16.0. The van der Waals surface area contributed by atoms with Gasteiger partial charge in [0.2, 0.25) is 5.91 Å². The number of amides is 1. The van der Waals surface area contributed by atoms with Crippen LogP contribution in [0, 0.1) is 5.82 Å². The maximum absolute atomic E-state index is 14.7. The summed E-state index contributed by atoms with van der Waals surface area (Å²) in [5.74, 6) is -0.643. The van der Waals surface area contributed by atoms with E-state index in [1.165, 1.54) is 6.07 Å². The van der Waals surface area contributed by atoms with E-state index in [0.29, 0.717) is 45.8 Å². The van der Waals surface area contributed by atoms with Crippen LogP contribution in [0.5, 0.6) is 0 Å². The number of carbonyl (C=O) groups excluding carboxylic acids is 1. The fourth-order valence-electron chi connectivity index (χ4n) is 5.17. The Morgan fingerprint density at radius 1 is 1.05 bits per heavy atom. The zero-order valence-electron chi connectivity index (χ0n) is 24.1. The number of carbonyl (C=O) groups is 1. The summed E-state index contributed by atoms with van der Waals surface area (Å²) in [5.41, 5.74) is 12.7. The number of hydrogen-bond acceptors (Lipinski definition) is 7. The predicted molar refractivity (Wildman–Crippen MR) is 170 cm³/mol. The van der Waals surface area contributed by atoms with Crippen LogP contribution < -0.4 is 11.1 Å². The molecule has 44 heavy (non-hydrogen) atoms. The predicted octanol–water partition coefficient (Wildman–Crippen LogP) is 6.10. The van der Waals surface area contributed by atoms with Gasteiger partial charge in [-0.2, -0.15) is 5.10 Å². The summed E-state index contributed by atoms with van der Waals surface area (Å²) in [6.45, 7) is 2.04. The smallest absolute Gasteiger partial charge is 0.224 e. The number of hydrogen-bond donors (Lipinski definition) is 4. The van der Waals surface area contributed by atoms with Gasteiger partial charge in [-0.3, -0.25) is 14.9 Å². The van der Waals surface area contributed by atoms with Crippen molar-refractivity contribution in [1.82, 2.24) is 25.1 Å². The minimum atomic E-state index is -3.63. The minimum Gasteiger partial charge on any atom is -0.353 e. The molecule has 0 saturated carbocycles. The number of sulfone groups is 1. The topological polar surface area (TPSA) is 160 Å². The van der Waals surface area contributed by atoms with Crippen molar-refractivity contribution in [3.05, 3.63) is 84.4 Å². The normalized spacial score (nSPS) is 12.5. The number of H-pyrrole nitrogens is 2. The van der Waals surface area contributed by atoms with Crippen LogP contribution in [-0.4, -0.2) is 45.7 Å². The summed E-state index contributed by atoms with van der Waals surface area (Å²) in [4.78, 5) is 24.8. The van der Waals surface area contributed by atoms with Crippen molar-refractivity contribution in [1.29, 1.82) is 0 Å². The van der Waals surface area contributed by atoms with Gasteiger partial charge >= 0.3 is 0 Å². The Kier molecular flexibility index (Phi) is 7.70. The molecule has 0 fully saturated rings. The third kappa shape index (κ3) is 5.81. The molecule has 0 radical (unpaired) electrons. The second-order valence-electron chi connectivity index (χ2n) is 10.8. The van der Waals surface area contributed by atoms with Gasteiger partial charge in [0.15, 0.2) is 9.84 Å². The van der Waals surface area contributed by atoms with E-state index in [0.717, 1.165) is 47.1 Å². The summed E-state index contributed by atoms with van der Waals surface area (Å²) in [7, 11) is -3.63. The number of aromatic nitrogens is 5. The lowest BCUT2D eigenvalue weighted by Gasteiger charge is -2.12. The number of benzene rings is 2. The van der Waals surface area contributed by atoms with E-state index in [1.807, 2.05) is 49.4 Å². The van der Waals surface area contributed by atoms with Crippen molar-refractivity contribution in [2.24, 2.45) is 5.73 Å². The number of halogens is 1. The van der Waals surface area contributed by atoms with Crippen LogP contribution in [0.15, 0.2) is 73.1 Å². The highest BCUT2D eigenvalue weighted by atomic mass is 32.2. The fraction of sp³-hybridized carbons (Fsp3) is 0.188. The molecule has 0 aliphatic rings. The number of fused-ring (bicyclic) bond motifs is 2. The minimum absolute atomic E-state index is 0.0581. The van der Waals surface area contributed by atoms with Gasteiger partial charge in [-0.25, -0.2) is 17.8 Å². The number of nitrogens with one attached hydrogen (secondary N) is 3. The zero-order valence-corrected chi connectivity index (χ0v) is 24.9. The molecule has 5 N–H and O–H groups in total. The molecule has 1 atom stereocenters. The summed E-state index contributed by atoms with van der Waals surface area (Å²) < 4.78 is 38.8. The highest BCUT2D eigenvalue weighted by Gasteiger charge is 2.21. The number of nitrogens with two attached hydrogens (primary N) is 1. The van der Waals surface area contributed by atoms with Crippen LogP contribution in [0.25, 0.3) is 55.7 Å². The van der Waals surface area contributed by atoms with Crippen molar-refractivity contribution in [2.45, 2.75) is 31.6 Å². The first kappa shape index (κ1) is 29.1. The Balaban J connectivity index is 1.38. The Morgan fingerprint density at radius 2 is 1.89 bits per heavy atom. The van der Waals surface area contributed by atoms with Gasteiger partial charge in [-0.1, -0.05) is 25.5 Å². The van der Waals surface area contributed by atoms with Crippen LogP contribution in [0.4, 0.5) is 10.1 Å². The van der Waals surface area contributed by atoms with Crippen molar-refractivity contribution in [3.63, 3.8) is 0 Å². The Labute approximate surface area is 252 Å². The molecule has 0 saturated heterocycles. The van der Waals surface area contributed by atoms with Gasteiger partial charge < -0.3 is 16.0 Å². The summed E-state index contributed by atoms with van der Waals surface area (Å²) in [6, 6.07) is 17.1. The molecule has 2 aromatic carbocycles. The number of nitrogens with zero attached hydrogens (tertiary/aromatic N) is 3. The maximum Gasteiger partial charge on any atom is 0.224 e. The van der Waals surface area contributed by atoms with Gasteiger partial charge in [0.25, 0.3) is 0 Å². The third-order valence-corrected chi connectivity index (χ3v) is 8.62. The molecular weight excluding hydrogens is 581 g/mol. The maximum atomic E-state index is 14.7. The number of pyridine rings is 2. The average Bonchev–Trinajstić information content (AvgIpc) is 3.62. The molecule has 6 rings (SSSR count). The molecule has 10 nitrogen and oxygen atoms in total.